The molecule has 0 saturated carbocycles. The molecule has 114 valence electrons. The number of carbonyl (C=O) groups excluding carboxylic acids is 1. The van der Waals surface area contributed by atoms with E-state index < -0.39 is 5.82 Å². The summed E-state index contributed by atoms with van der Waals surface area (Å²) in [6, 6.07) is 12.5. The first-order chi connectivity index (χ1) is 10.6. The lowest BCUT2D eigenvalue weighted by Crippen LogP contribution is -2.37. The fraction of sp³-hybridized carbons (Fsp3) is 0.235. The van der Waals surface area contributed by atoms with E-state index in [-0.39, 0.29) is 10.9 Å². The van der Waals surface area contributed by atoms with Crippen molar-refractivity contribution in [3.8, 4) is 0 Å². The molecule has 0 bridgehead atoms. The predicted molar refractivity (Wildman–Crippen MR) is 85.5 cm³/mol. The van der Waals surface area contributed by atoms with E-state index >= 15 is 0 Å². The molecule has 22 heavy (non-hydrogen) atoms. The maximum absolute atomic E-state index is 13.1. The van der Waals surface area contributed by atoms with Crippen molar-refractivity contribution in [3.05, 3.63) is 64.4 Å². The van der Waals surface area contributed by atoms with Crippen molar-refractivity contribution in [2.75, 3.05) is 18.4 Å². The fourth-order valence-corrected chi connectivity index (χ4v) is 2.85. The van der Waals surface area contributed by atoms with Crippen LogP contribution < -0.4 is 5.32 Å². The number of nitrogens with one attached hydrogen (secondary N) is 1. The Bertz CT molecular complexity index is 705. The molecule has 0 saturated heterocycles. The van der Waals surface area contributed by atoms with Crippen molar-refractivity contribution in [3.63, 3.8) is 0 Å². The number of carbonyl (C=O) groups is 1. The number of amides is 1. The zero-order valence-corrected chi connectivity index (χ0v) is 12.7. The lowest BCUT2D eigenvalue weighted by molar-refractivity contribution is -0.117. The highest BCUT2D eigenvalue weighted by molar-refractivity contribution is 6.31. The third kappa shape index (κ3) is 3.46. The molecule has 2 aromatic carbocycles. The van der Waals surface area contributed by atoms with Crippen molar-refractivity contribution < 1.29 is 9.18 Å². The van der Waals surface area contributed by atoms with Gasteiger partial charge in [0, 0.05) is 18.8 Å². The number of hydrogen-bond acceptors (Lipinski definition) is 2. The van der Waals surface area contributed by atoms with Gasteiger partial charge in [-0.3, -0.25) is 9.69 Å². The summed E-state index contributed by atoms with van der Waals surface area (Å²) in [5, 5.41) is 2.75. The van der Waals surface area contributed by atoms with Gasteiger partial charge in [0.2, 0.25) is 5.91 Å². The molecule has 5 heteroatoms. The van der Waals surface area contributed by atoms with Gasteiger partial charge in [0.25, 0.3) is 0 Å². The highest BCUT2D eigenvalue weighted by atomic mass is 35.5. The molecule has 0 radical (unpaired) electrons. The molecular formula is C17H16ClFN2O. The number of benzene rings is 2. The zero-order valence-electron chi connectivity index (χ0n) is 12.0. The molecule has 0 fully saturated rings. The minimum atomic E-state index is -0.493. The summed E-state index contributed by atoms with van der Waals surface area (Å²) in [6.45, 7) is 1.94. The second kappa shape index (κ2) is 6.46. The first-order valence-corrected chi connectivity index (χ1v) is 7.53. The van der Waals surface area contributed by atoms with Gasteiger partial charge in [-0.2, -0.15) is 0 Å². The minimum absolute atomic E-state index is 0.00435. The predicted octanol–water partition coefficient (Wildman–Crippen LogP) is 3.48. The SMILES string of the molecule is O=C(CN1CCc2ccccc2C1)Nc1ccc(F)c(Cl)c1. The zero-order chi connectivity index (χ0) is 15.5. The third-order valence-electron chi connectivity index (χ3n) is 3.78. The number of anilines is 1. The van der Waals surface area contributed by atoms with E-state index in [9.17, 15) is 9.18 Å². The molecule has 1 aliphatic rings. The van der Waals surface area contributed by atoms with Crippen LogP contribution in [0, 0.1) is 5.82 Å². The molecule has 3 rings (SSSR count). The molecule has 0 aromatic heterocycles. The van der Waals surface area contributed by atoms with E-state index in [0.29, 0.717) is 12.2 Å². The second-order valence-electron chi connectivity index (χ2n) is 5.41. The molecular weight excluding hydrogens is 303 g/mol. The van der Waals surface area contributed by atoms with Gasteiger partial charge in [-0.05, 0) is 35.7 Å². The lowest BCUT2D eigenvalue weighted by atomic mass is 10.00. The second-order valence-corrected chi connectivity index (χ2v) is 5.81. The lowest BCUT2D eigenvalue weighted by Gasteiger charge is -2.28. The fourth-order valence-electron chi connectivity index (χ4n) is 2.67. The van der Waals surface area contributed by atoms with Crippen molar-refractivity contribution in [1.82, 2.24) is 4.90 Å². The van der Waals surface area contributed by atoms with Crippen LogP contribution in [0.2, 0.25) is 5.02 Å². The summed E-state index contributed by atoms with van der Waals surface area (Å²) >= 11 is 5.71. The molecule has 0 unspecified atom stereocenters. The van der Waals surface area contributed by atoms with Crippen molar-refractivity contribution in [1.29, 1.82) is 0 Å². The van der Waals surface area contributed by atoms with Crippen LogP contribution >= 0.6 is 11.6 Å². The maximum Gasteiger partial charge on any atom is 0.238 e. The molecule has 2 aromatic rings. The van der Waals surface area contributed by atoms with E-state index in [1.165, 1.54) is 29.3 Å². The van der Waals surface area contributed by atoms with Gasteiger partial charge in [0.05, 0.1) is 11.6 Å². The molecule has 1 heterocycles. The number of nitrogens with zero attached hydrogens (tertiary/aromatic N) is 1. The number of hydrogen-bond donors (Lipinski definition) is 1. The average molecular weight is 319 g/mol. The Hall–Kier alpha value is -1.91. The van der Waals surface area contributed by atoms with Gasteiger partial charge in [-0.25, -0.2) is 4.39 Å². The van der Waals surface area contributed by atoms with E-state index in [4.69, 9.17) is 11.6 Å². The van der Waals surface area contributed by atoms with Gasteiger partial charge >= 0.3 is 0 Å². The van der Waals surface area contributed by atoms with Gasteiger partial charge in [-0.1, -0.05) is 35.9 Å². The molecule has 0 aliphatic carbocycles. The van der Waals surface area contributed by atoms with E-state index in [0.717, 1.165) is 19.5 Å². The minimum Gasteiger partial charge on any atom is -0.325 e. The molecule has 0 spiro atoms. The highest BCUT2D eigenvalue weighted by Crippen LogP contribution is 2.20. The van der Waals surface area contributed by atoms with Crippen molar-refractivity contribution in [2.24, 2.45) is 0 Å². The Balaban J connectivity index is 1.59. The van der Waals surface area contributed by atoms with Crippen LogP contribution in [0.25, 0.3) is 0 Å². The van der Waals surface area contributed by atoms with Crippen LogP contribution in [0.4, 0.5) is 10.1 Å². The third-order valence-corrected chi connectivity index (χ3v) is 4.07. The van der Waals surface area contributed by atoms with Crippen LogP contribution in [-0.2, 0) is 17.8 Å². The largest absolute Gasteiger partial charge is 0.325 e. The smallest absolute Gasteiger partial charge is 0.238 e. The number of fused-ring (bicyclic) bond motifs is 1. The molecule has 1 N–H and O–H groups in total. The Kier molecular flexibility index (Phi) is 4.41. The van der Waals surface area contributed by atoms with Gasteiger partial charge in [0.15, 0.2) is 0 Å². The molecule has 1 amide bonds. The van der Waals surface area contributed by atoms with Crippen LogP contribution in [-0.4, -0.2) is 23.9 Å². The highest BCUT2D eigenvalue weighted by Gasteiger charge is 2.18. The summed E-state index contributed by atoms with van der Waals surface area (Å²) < 4.78 is 13.1. The summed E-state index contributed by atoms with van der Waals surface area (Å²) in [5.41, 5.74) is 3.13. The normalized spacial score (nSPS) is 14.5. The molecule has 3 nitrogen and oxygen atoms in total. The van der Waals surface area contributed by atoms with E-state index in [2.05, 4.69) is 22.3 Å². The summed E-state index contributed by atoms with van der Waals surface area (Å²) in [5.74, 6) is -0.616. The molecule has 1 aliphatic heterocycles. The average Bonchev–Trinajstić information content (AvgIpc) is 2.51. The summed E-state index contributed by atoms with van der Waals surface area (Å²) in [4.78, 5) is 14.2. The van der Waals surface area contributed by atoms with Gasteiger partial charge in [0.1, 0.15) is 5.82 Å². The van der Waals surface area contributed by atoms with Gasteiger partial charge in [-0.15, -0.1) is 0 Å². The number of rotatable bonds is 3. The van der Waals surface area contributed by atoms with Crippen LogP contribution in [0.15, 0.2) is 42.5 Å². The number of halogens is 2. The van der Waals surface area contributed by atoms with E-state index in [1.54, 1.807) is 0 Å². The first kappa shape index (κ1) is 15.0. The maximum atomic E-state index is 13.1. The van der Waals surface area contributed by atoms with Crippen LogP contribution in [0.5, 0.6) is 0 Å². The molecule has 0 atom stereocenters. The standard InChI is InChI=1S/C17H16ClFN2O/c18-15-9-14(5-6-16(15)19)20-17(22)11-21-8-7-12-3-1-2-4-13(12)10-21/h1-6,9H,7-8,10-11H2,(H,20,22). The topological polar surface area (TPSA) is 32.3 Å². The Morgan fingerprint density at radius 3 is 2.77 bits per heavy atom. The Morgan fingerprint density at radius 2 is 2.00 bits per heavy atom. The monoisotopic (exact) mass is 318 g/mol. The van der Waals surface area contributed by atoms with Crippen LogP contribution in [0.1, 0.15) is 11.1 Å². The van der Waals surface area contributed by atoms with Crippen molar-refractivity contribution >= 4 is 23.2 Å². The Labute approximate surface area is 133 Å². The summed E-state index contributed by atoms with van der Waals surface area (Å²) in [7, 11) is 0. The summed E-state index contributed by atoms with van der Waals surface area (Å²) in [6.07, 6.45) is 0.950. The van der Waals surface area contributed by atoms with Crippen LogP contribution in [0.3, 0.4) is 0 Å². The first-order valence-electron chi connectivity index (χ1n) is 7.16. The quantitative estimate of drug-likeness (QED) is 0.939. The van der Waals surface area contributed by atoms with E-state index in [1.807, 2.05) is 12.1 Å². The van der Waals surface area contributed by atoms with Gasteiger partial charge < -0.3 is 5.32 Å². The van der Waals surface area contributed by atoms with Crippen molar-refractivity contribution in [2.45, 2.75) is 13.0 Å². The Morgan fingerprint density at radius 1 is 1.23 bits per heavy atom.